The van der Waals surface area contributed by atoms with Crippen LogP contribution in [-0.2, 0) is 12.6 Å². The van der Waals surface area contributed by atoms with E-state index in [0.29, 0.717) is 18.8 Å². The van der Waals surface area contributed by atoms with Crippen LogP contribution in [0.5, 0.6) is 0 Å². The van der Waals surface area contributed by atoms with E-state index in [1.807, 2.05) is 0 Å². The number of nitrogens with zero attached hydrogens (tertiary/aromatic N) is 2. The number of imidazole rings is 1. The van der Waals surface area contributed by atoms with E-state index >= 15 is 0 Å². The molecular formula is C12H11F3N4O2. The molecule has 2 N–H and O–H groups in total. The Morgan fingerprint density at radius 3 is 2.71 bits per heavy atom. The number of anilines is 1. The highest BCUT2D eigenvalue weighted by Gasteiger charge is 2.38. The molecule has 0 saturated carbocycles. The molecule has 0 saturated heterocycles. The van der Waals surface area contributed by atoms with Gasteiger partial charge in [0.05, 0.1) is 4.92 Å². The van der Waals surface area contributed by atoms with Gasteiger partial charge in [0, 0.05) is 37.1 Å². The summed E-state index contributed by atoms with van der Waals surface area (Å²) < 4.78 is 38.4. The maximum atomic E-state index is 12.8. The van der Waals surface area contributed by atoms with Crippen LogP contribution in [0.2, 0.25) is 0 Å². The number of hydrogen-bond acceptors (Lipinski definition) is 4. The molecule has 1 aromatic heterocycles. The standard InChI is InChI=1S/C12H11F3N4O2/c13-12(14,15)9-7-8(1-2-10(9)19(20)21)16-4-3-11-17-5-6-18-11/h1-2,5-7,16H,3-4H2,(H,17,18). The number of nitro groups is 1. The number of hydrogen-bond donors (Lipinski definition) is 2. The highest BCUT2D eigenvalue weighted by molar-refractivity contribution is 5.55. The molecule has 9 heteroatoms. The molecule has 0 fully saturated rings. The fraction of sp³-hybridized carbons (Fsp3) is 0.250. The van der Waals surface area contributed by atoms with E-state index in [-0.39, 0.29) is 5.69 Å². The van der Waals surface area contributed by atoms with Crippen molar-refractivity contribution in [3.05, 3.63) is 52.1 Å². The van der Waals surface area contributed by atoms with E-state index in [1.165, 1.54) is 6.07 Å². The third-order valence-electron chi connectivity index (χ3n) is 2.74. The van der Waals surface area contributed by atoms with E-state index < -0.39 is 22.4 Å². The normalized spacial score (nSPS) is 11.4. The molecule has 0 atom stereocenters. The van der Waals surface area contributed by atoms with E-state index in [2.05, 4.69) is 15.3 Å². The Hall–Kier alpha value is -2.58. The van der Waals surface area contributed by atoms with Crippen molar-refractivity contribution in [2.24, 2.45) is 0 Å². The van der Waals surface area contributed by atoms with Crippen LogP contribution in [0.3, 0.4) is 0 Å². The lowest BCUT2D eigenvalue weighted by Gasteiger charge is -2.11. The average Bonchev–Trinajstić information content (AvgIpc) is 2.90. The summed E-state index contributed by atoms with van der Waals surface area (Å²) >= 11 is 0. The summed E-state index contributed by atoms with van der Waals surface area (Å²) in [6.45, 7) is 0.350. The molecule has 0 unspecified atom stereocenters. The van der Waals surface area contributed by atoms with Gasteiger partial charge in [-0.25, -0.2) is 4.98 Å². The lowest BCUT2D eigenvalue weighted by atomic mass is 10.1. The summed E-state index contributed by atoms with van der Waals surface area (Å²) in [5.41, 5.74) is -2.06. The first kappa shape index (κ1) is 14.8. The zero-order valence-electron chi connectivity index (χ0n) is 10.6. The van der Waals surface area contributed by atoms with Crippen LogP contribution in [0.25, 0.3) is 0 Å². The SMILES string of the molecule is O=[N+]([O-])c1ccc(NCCc2ncc[nH]2)cc1C(F)(F)F. The smallest absolute Gasteiger partial charge is 0.385 e. The number of aromatic nitrogens is 2. The van der Waals surface area contributed by atoms with Gasteiger partial charge in [-0.3, -0.25) is 10.1 Å². The summed E-state index contributed by atoms with van der Waals surface area (Å²) in [7, 11) is 0. The van der Waals surface area contributed by atoms with E-state index in [4.69, 9.17) is 0 Å². The van der Waals surface area contributed by atoms with E-state index in [1.54, 1.807) is 12.4 Å². The monoisotopic (exact) mass is 300 g/mol. The van der Waals surface area contributed by atoms with Crippen LogP contribution < -0.4 is 5.32 Å². The van der Waals surface area contributed by atoms with Crippen LogP contribution in [0, 0.1) is 10.1 Å². The second-order valence-corrected chi connectivity index (χ2v) is 4.20. The van der Waals surface area contributed by atoms with Gasteiger partial charge in [-0.1, -0.05) is 0 Å². The molecule has 1 aromatic carbocycles. The first-order valence-corrected chi connectivity index (χ1v) is 5.95. The minimum absolute atomic E-state index is 0.166. The highest BCUT2D eigenvalue weighted by atomic mass is 19.4. The number of halogens is 3. The number of nitrogens with one attached hydrogen (secondary N) is 2. The quantitative estimate of drug-likeness (QED) is 0.656. The molecule has 0 aliphatic carbocycles. The highest BCUT2D eigenvalue weighted by Crippen LogP contribution is 2.37. The van der Waals surface area contributed by atoms with Crippen molar-refractivity contribution >= 4 is 11.4 Å². The minimum atomic E-state index is -4.78. The van der Waals surface area contributed by atoms with E-state index in [9.17, 15) is 23.3 Å². The zero-order valence-corrected chi connectivity index (χ0v) is 10.6. The summed E-state index contributed by atoms with van der Waals surface area (Å²) in [5, 5.41) is 13.4. The van der Waals surface area contributed by atoms with Crippen LogP contribution >= 0.6 is 0 Å². The summed E-state index contributed by atoms with van der Waals surface area (Å²) in [6, 6.07) is 2.83. The first-order chi connectivity index (χ1) is 9.88. The lowest BCUT2D eigenvalue weighted by Crippen LogP contribution is -2.11. The van der Waals surface area contributed by atoms with Crippen molar-refractivity contribution in [3.8, 4) is 0 Å². The predicted octanol–water partition coefficient (Wildman–Crippen LogP) is 2.99. The Kier molecular flexibility index (Phi) is 4.10. The van der Waals surface area contributed by atoms with Gasteiger partial charge in [0.15, 0.2) is 0 Å². The van der Waals surface area contributed by atoms with Gasteiger partial charge in [0.1, 0.15) is 11.4 Å². The van der Waals surface area contributed by atoms with Crippen LogP contribution in [-0.4, -0.2) is 21.4 Å². The van der Waals surface area contributed by atoms with Crippen molar-refractivity contribution in [2.75, 3.05) is 11.9 Å². The van der Waals surface area contributed by atoms with Gasteiger partial charge in [0.25, 0.3) is 5.69 Å². The predicted molar refractivity (Wildman–Crippen MR) is 68.9 cm³/mol. The van der Waals surface area contributed by atoms with Gasteiger partial charge in [-0.2, -0.15) is 13.2 Å². The minimum Gasteiger partial charge on any atom is -0.385 e. The van der Waals surface area contributed by atoms with Crippen molar-refractivity contribution in [3.63, 3.8) is 0 Å². The molecule has 1 heterocycles. The fourth-order valence-electron chi connectivity index (χ4n) is 1.79. The largest absolute Gasteiger partial charge is 0.423 e. The number of alkyl halides is 3. The molecule has 6 nitrogen and oxygen atoms in total. The Labute approximate surface area is 117 Å². The number of nitro benzene ring substituents is 1. The zero-order chi connectivity index (χ0) is 15.5. The van der Waals surface area contributed by atoms with Gasteiger partial charge >= 0.3 is 6.18 Å². The van der Waals surface area contributed by atoms with Crippen molar-refractivity contribution in [1.29, 1.82) is 0 Å². The summed E-state index contributed by atoms with van der Waals surface area (Å²) in [6.07, 6.45) is -1.07. The molecule has 2 aromatic rings. The maximum absolute atomic E-state index is 12.8. The van der Waals surface area contributed by atoms with Crippen LogP contribution in [0.1, 0.15) is 11.4 Å². The van der Waals surface area contributed by atoms with Crippen LogP contribution in [0.15, 0.2) is 30.6 Å². The third-order valence-corrected chi connectivity index (χ3v) is 2.74. The summed E-state index contributed by atoms with van der Waals surface area (Å²) in [5.74, 6) is 0.695. The summed E-state index contributed by atoms with van der Waals surface area (Å²) in [4.78, 5) is 16.4. The molecule has 0 aliphatic heterocycles. The van der Waals surface area contributed by atoms with E-state index in [0.717, 1.165) is 12.1 Å². The third kappa shape index (κ3) is 3.71. The second kappa shape index (κ2) is 5.81. The average molecular weight is 300 g/mol. The molecule has 0 amide bonds. The number of benzene rings is 1. The Morgan fingerprint density at radius 2 is 2.14 bits per heavy atom. The van der Waals surface area contributed by atoms with Gasteiger partial charge in [0.2, 0.25) is 0 Å². The molecule has 0 aliphatic rings. The molecule has 21 heavy (non-hydrogen) atoms. The van der Waals surface area contributed by atoms with Gasteiger partial charge in [-0.05, 0) is 12.1 Å². The Morgan fingerprint density at radius 1 is 1.38 bits per heavy atom. The fourth-order valence-corrected chi connectivity index (χ4v) is 1.79. The molecule has 2 rings (SSSR count). The molecular weight excluding hydrogens is 289 g/mol. The van der Waals surface area contributed by atoms with Crippen molar-refractivity contribution in [1.82, 2.24) is 9.97 Å². The van der Waals surface area contributed by atoms with Crippen molar-refractivity contribution < 1.29 is 18.1 Å². The number of aromatic amines is 1. The lowest BCUT2D eigenvalue weighted by molar-refractivity contribution is -0.388. The number of rotatable bonds is 5. The Balaban J connectivity index is 2.12. The molecule has 112 valence electrons. The number of H-pyrrole nitrogens is 1. The maximum Gasteiger partial charge on any atom is 0.423 e. The molecule has 0 radical (unpaired) electrons. The molecule has 0 bridgehead atoms. The Bertz CT molecular complexity index is 626. The van der Waals surface area contributed by atoms with Gasteiger partial charge < -0.3 is 10.3 Å². The van der Waals surface area contributed by atoms with Crippen molar-refractivity contribution in [2.45, 2.75) is 12.6 Å². The first-order valence-electron chi connectivity index (χ1n) is 5.95. The van der Waals surface area contributed by atoms with Crippen LogP contribution in [0.4, 0.5) is 24.5 Å². The molecule has 0 spiro atoms. The topological polar surface area (TPSA) is 83.8 Å². The second-order valence-electron chi connectivity index (χ2n) is 4.20. The van der Waals surface area contributed by atoms with Gasteiger partial charge in [-0.15, -0.1) is 0 Å².